The van der Waals surface area contributed by atoms with Crippen molar-refractivity contribution in [3.63, 3.8) is 0 Å². The van der Waals surface area contributed by atoms with Crippen LogP contribution in [-0.2, 0) is 22.4 Å². The number of fused-ring (bicyclic) bond motifs is 1. The molecule has 7 heteroatoms. The number of benzene rings is 2. The van der Waals surface area contributed by atoms with Crippen LogP contribution in [0.1, 0.15) is 48.2 Å². The van der Waals surface area contributed by atoms with Crippen molar-refractivity contribution < 1.29 is 23.8 Å². The van der Waals surface area contributed by atoms with Gasteiger partial charge >= 0.3 is 5.97 Å². The second-order valence-corrected chi connectivity index (χ2v) is 9.52. The summed E-state index contributed by atoms with van der Waals surface area (Å²) in [4.78, 5) is 28.0. The Kier molecular flexibility index (Phi) is 7.29. The van der Waals surface area contributed by atoms with Crippen LogP contribution in [0.2, 0.25) is 0 Å². The summed E-state index contributed by atoms with van der Waals surface area (Å²) in [7, 11) is 0. The largest absolute Gasteiger partial charge is 0.489 e. The van der Waals surface area contributed by atoms with E-state index in [9.17, 15) is 9.59 Å². The Hall–Kier alpha value is -3.87. The highest BCUT2D eigenvalue weighted by atomic mass is 16.5. The van der Waals surface area contributed by atoms with Crippen LogP contribution >= 0.6 is 0 Å². The van der Waals surface area contributed by atoms with E-state index in [1.165, 1.54) is 6.92 Å². The number of anilines is 1. The van der Waals surface area contributed by atoms with E-state index in [0.29, 0.717) is 23.8 Å². The third-order valence-corrected chi connectivity index (χ3v) is 6.56. The van der Waals surface area contributed by atoms with E-state index in [2.05, 4.69) is 10.3 Å². The minimum atomic E-state index is -0.505. The molecule has 1 amide bonds. The molecular formula is C29H32N2O5. The maximum absolute atomic E-state index is 12.3. The number of carbonyl (C=O) groups excluding carboxylic acids is 2. The first-order valence-electron chi connectivity index (χ1n) is 12.1. The van der Waals surface area contributed by atoms with Crippen molar-refractivity contribution in [3.05, 3.63) is 76.6 Å². The molecule has 0 bridgehead atoms. The monoisotopic (exact) mass is 488 g/mol. The van der Waals surface area contributed by atoms with E-state index in [4.69, 9.17) is 14.2 Å². The van der Waals surface area contributed by atoms with Gasteiger partial charge in [0, 0.05) is 30.1 Å². The predicted octanol–water partition coefficient (Wildman–Crippen LogP) is 5.28. The van der Waals surface area contributed by atoms with E-state index in [1.807, 2.05) is 70.2 Å². The molecule has 0 radical (unpaired) electrons. The quantitative estimate of drug-likeness (QED) is 0.360. The van der Waals surface area contributed by atoms with E-state index < -0.39 is 5.60 Å². The molecule has 4 rings (SSSR count). The number of amides is 1. The molecule has 3 aromatic rings. The average Bonchev–Trinajstić information content (AvgIpc) is 2.85. The molecule has 0 spiro atoms. The Balaban J connectivity index is 1.38. The average molecular weight is 489 g/mol. The Morgan fingerprint density at radius 2 is 1.81 bits per heavy atom. The normalized spacial score (nSPS) is 16.5. The molecule has 36 heavy (non-hydrogen) atoms. The first-order valence-corrected chi connectivity index (χ1v) is 12.1. The van der Waals surface area contributed by atoms with Crippen molar-refractivity contribution in [1.29, 1.82) is 0 Å². The van der Waals surface area contributed by atoms with Crippen molar-refractivity contribution in [2.75, 3.05) is 11.9 Å². The summed E-state index contributed by atoms with van der Waals surface area (Å²) in [6.45, 7) is 9.76. The number of ether oxygens (including phenoxy) is 3. The number of rotatable bonds is 7. The maximum Gasteiger partial charge on any atom is 0.308 e. The van der Waals surface area contributed by atoms with E-state index in [1.54, 1.807) is 6.20 Å². The topological polar surface area (TPSA) is 86.8 Å². The summed E-state index contributed by atoms with van der Waals surface area (Å²) >= 11 is 0. The van der Waals surface area contributed by atoms with Crippen molar-refractivity contribution >= 4 is 17.6 Å². The zero-order chi connectivity index (χ0) is 25.9. The molecule has 0 fully saturated rings. The van der Waals surface area contributed by atoms with Crippen molar-refractivity contribution in [2.45, 2.75) is 59.5 Å². The summed E-state index contributed by atoms with van der Waals surface area (Å²) in [5, 5.41) is 2.88. The van der Waals surface area contributed by atoms with Gasteiger partial charge in [-0.1, -0.05) is 6.07 Å². The maximum atomic E-state index is 12.3. The predicted molar refractivity (Wildman–Crippen MR) is 138 cm³/mol. The van der Waals surface area contributed by atoms with Crippen LogP contribution in [0, 0.1) is 20.8 Å². The Morgan fingerprint density at radius 1 is 1.06 bits per heavy atom. The molecule has 0 saturated heterocycles. The smallest absolute Gasteiger partial charge is 0.308 e. The number of nitrogens with zero attached hydrogens (tertiary/aromatic N) is 1. The number of esters is 1. The molecule has 1 unspecified atom stereocenters. The minimum absolute atomic E-state index is 0.123. The second kappa shape index (κ2) is 10.4. The van der Waals surface area contributed by atoms with Gasteiger partial charge in [0.05, 0.1) is 6.42 Å². The summed E-state index contributed by atoms with van der Waals surface area (Å²) in [5.41, 5.74) is 4.83. The number of carbonyl (C=O) groups is 2. The second-order valence-electron chi connectivity index (χ2n) is 9.52. The van der Waals surface area contributed by atoms with E-state index in [0.717, 1.165) is 46.5 Å². The van der Waals surface area contributed by atoms with Crippen molar-refractivity contribution in [2.24, 2.45) is 0 Å². The summed E-state index contributed by atoms with van der Waals surface area (Å²) in [5.74, 6) is 1.73. The first-order chi connectivity index (χ1) is 17.1. The van der Waals surface area contributed by atoms with Gasteiger partial charge in [-0.3, -0.25) is 14.6 Å². The molecule has 1 aromatic heterocycles. The van der Waals surface area contributed by atoms with Crippen LogP contribution in [0.4, 0.5) is 5.69 Å². The molecule has 188 valence electrons. The van der Waals surface area contributed by atoms with Gasteiger partial charge < -0.3 is 19.5 Å². The van der Waals surface area contributed by atoms with Crippen LogP contribution in [0.5, 0.6) is 17.2 Å². The fourth-order valence-electron chi connectivity index (χ4n) is 4.42. The van der Waals surface area contributed by atoms with Crippen LogP contribution in [0.25, 0.3) is 0 Å². The van der Waals surface area contributed by atoms with Gasteiger partial charge in [0.15, 0.2) is 0 Å². The number of hydrogen-bond donors (Lipinski definition) is 1. The van der Waals surface area contributed by atoms with Gasteiger partial charge in [-0.25, -0.2) is 0 Å². The lowest BCUT2D eigenvalue weighted by atomic mass is 9.87. The third-order valence-electron chi connectivity index (χ3n) is 6.56. The third kappa shape index (κ3) is 5.67. The highest BCUT2D eigenvalue weighted by Gasteiger charge is 2.35. The van der Waals surface area contributed by atoms with Crippen LogP contribution in [0.3, 0.4) is 0 Å². The zero-order valence-corrected chi connectivity index (χ0v) is 21.4. The Morgan fingerprint density at radius 3 is 2.47 bits per heavy atom. The molecule has 2 heterocycles. The summed E-state index contributed by atoms with van der Waals surface area (Å²) in [6.07, 6.45) is 3.47. The number of pyridine rings is 1. The van der Waals surface area contributed by atoms with Gasteiger partial charge in [0.25, 0.3) is 0 Å². The molecule has 1 atom stereocenters. The Bertz CT molecular complexity index is 1270. The lowest BCUT2D eigenvalue weighted by molar-refractivity contribution is -0.132. The van der Waals surface area contributed by atoms with Gasteiger partial charge in [-0.2, -0.15) is 0 Å². The number of aromatic nitrogens is 1. The Labute approximate surface area is 211 Å². The SMILES string of the molecule is CC(=O)Oc1c(C)c(C)c2c(c1C)CCC(C)(COc1ccc(NC(=O)Cc3ccccn3)cc1)O2. The lowest BCUT2D eigenvalue weighted by Crippen LogP contribution is -2.42. The van der Waals surface area contributed by atoms with Gasteiger partial charge in [-0.15, -0.1) is 0 Å². The highest BCUT2D eigenvalue weighted by Crippen LogP contribution is 2.44. The zero-order valence-electron chi connectivity index (χ0n) is 21.4. The lowest BCUT2D eigenvalue weighted by Gasteiger charge is -2.37. The summed E-state index contributed by atoms with van der Waals surface area (Å²) < 4.78 is 18.1. The molecular weight excluding hydrogens is 456 g/mol. The summed E-state index contributed by atoms with van der Waals surface area (Å²) in [6, 6.07) is 12.8. The molecule has 0 aliphatic carbocycles. The molecule has 1 aliphatic heterocycles. The minimum Gasteiger partial charge on any atom is -0.489 e. The first kappa shape index (κ1) is 25.2. The molecule has 0 saturated carbocycles. The van der Waals surface area contributed by atoms with Crippen LogP contribution in [-0.4, -0.2) is 29.1 Å². The van der Waals surface area contributed by atoms with Crippen molar-refractivity contribution in [1.82, 2.24) is 4.98 Å². The molecule has 1 N–H and O–H groups in total. The standard InChI is InChI=1S/C29H32N2O5/c1-18-19(2)28-25(20(3)27(18)35-21(4)32)13-14-29(5,36-28)17-34-24-11-9-22(10-12-24)31-26(33)16-23-8-6-7-15-30-23/h6-12,15H,13-14,16-17H2,1-5H3,(H,31,33). The molecule has 2 aromatic carbocycles. The fourth-order valence-corrected chi connectivity index (χ4v) is 4.42. The molecule has 7 nitrogen and oxygen atoms in total. The number of hydrogen-bond acceptors (Lipinski definition) is 6. The van der Waals surface area contributed by atoms with Crippen LogP contribution < -0.4 is 19.5 Å². The highest BCUT2D eigenvalue weighted by molar-refractivity contribution is 5.92. The van der Waals surface area contributed by atoms with Gasteiger partial charge in [0.2, 0.25) is 5.91 Å². The van der Waals surface area contributed by atoms with Crippen molar-refractivity contribution in [3.8, 4) is 17.2 Å². The van der Waals surface area contributed by atoms with Crippen LogP contribution in [0.15, 0.2) is 48.7 Å². The van der Waals surface area contributed by atoms with Gasteiger partial charge in [0.1, 0.15) is 29.5 Å². The van der Waals surface area contributed by atoms with E-state index in [-0.39, 0.29) is 18.3 Å². The van der Waals surface area contributed by atoms with Gasteiger partial charge in [-0.05, 0) is 93.6 Å². The van der Waals surface area contributed by atoms with E-state index >= 15 is 0 Å². The molecule has 1 aliphatic rings. The fraction of sp³-hybridized carbons (Fsp3) is 0.345. The number of nitrogens with one attached hydrogen (secondary N) is 1.